The molecule has 0 aliphatic rings. The zero-order chi connectivity index (χ0) is 8.56. The first-order chi connectivity index (χ1) is 4.86. The van der Waals surface area contributed by atoms with Crippen molar-refractivity contribution in [1.29, 1.82) is 0 Å². The Morgan fingerprint density at radius 2 is 1.27 bits per heavy atom. The van der Waals surface area contributed by atoms with E-state index in [0.29, 0.717) is 4.16 Å². The number of benzene rings is 1. The second-order valence-electron chi connectivity index (χ2n) is 1.85. The van der Waals surface area contributed by atoms with Crippen molar-refractivity contribution >= 4 is 42.9 Å². The Balaban J connectivity index is 3.14. The molecule has 1 aromatic carbocycles. The molecular formula is C6H5Cl4Ru. The van der Waals surface area contributed by atoms with E-state index < -0.39 is 9.64 Å². The van der Waals surface area contributed by atoms with Gasteiger partial charge in [-0.1, -0.05) is 0 Å². The van der Waals surface area contributed by atoms with Gasteiger partial charge in [0.1, 0.15) is 0 Å². The first-order valence-electron chi connectivity index (χ1n) is 2.62. The third-order valence-corrected chi connectivity index (χ3v) is 6.78. The molecule has 0 fully saturated rings. The first-order valence-corrected chi connectivity index (χ1v) is 12.4. The average molecular weight is 320 g/mol. The summed E-state index contributed by atoms with van der Waals surface area (Å²) in [6.07, 6.45) is 0. The fourth-order valence-electron chi connectivity index (χ4n) is 0.588. The van der Waals surface area contributed by atoms with E-state index in [1.807, 2.05) is 6.07 Å². The second kappa shape index (κ2) is 3.05. The van der Waals surface area contributed by atoms with Gasteiger partial charge in [0.25, 0.3) is 0 Å². The van der Waals surface area contributed by atoms with Crippen molar-refractivity contribution in [3.05, 3.63) is 30.3 Å². The van der Waals surface area contributed by atoms with Crippen molar-refractivity contribution in [3.63, 3.8) is 0 Å². The summed E-state index contributed by atoms with van der Waals surface area (Å²) in [6, 6.07) is 8.89. The first kappa shape index (κ1) is 10.1. The molecule has 0 N–H and O–H groups in total. The molecule has 11 heavy (non-hydrogen) atoms. The Morgan fingerprint density at radius 1 is 0.818 bits per heavy atom. The predicted molar refractivity (Wildman–Crippen MR) is 49.5 cm³/mol. The van der Waals surface area contributed by atoms with E-state index in [9.17, 15) is 0 Å². The van der Waals surface area contributed by atoms with E-state index in [2.05, 4.69) is 0 Å². The van der Waals surface area contributed by atoms with Gasteiger partial charge in [-0.3, -0.25) is 0 Å². The van der Waals surface area contributed by atoms with Crippen LogP contribution in [0.2, 0.25) is 0 Å². The maximum atomic E-state index is 5.79. The van der Waals surface area contributed by atoms with Gasteiger partial charge in [0, 0.05) is 0 Å². The SMILES string of the molecule is [Cl][Ru]([Cl])([Cl])([Cl])[c]1ccccc1. The Kier molecular flexibility index (Phi) is 2.80. The van der Waals surface area contributed by atoms with Crippen LogP contribution in [0.25, 0.3) is 0 Å². The molecule has 0 unspecified atom stereocenters. The van der Waals surface area contributed by atoms with E-state index >= 15 is 0 Å². The molecule has 0 spiro atoms. The Labute approximate surface area is 82.3 Å². The van der Waals surface area contributed by atoms with Crippen molar-refractivity contribution in [2.75, 3.05) is 0 Å². The zero-order valence-corrected chi connectivity index (χ0v) is 10.0. The normalized spacial score (nSPS) is 15.5. The van der Waals surface area contributed by atoms with Gasteiger partial charge in [0.2, 0.25) is 0 Å². The monoisotopic (exact) mass is 319 g/mol. The van der Waals surface area contributed by atoms with Crippen LogP contribution in [0.3, 0.4) is 0 Å². The minimum absolute atomic E-state index is 0.621. The van der Waals surface area contributed by atoms with Gasteiger partial charge < -0.3 is 0 Å². The van der Waals surface area contributed by atoms with Crippen LogP contribution < -0.4 is 4.16 Å². The molecule has 1 aromatic rings. The standard InChI is InChI=1S/C6H5.4ClH.Ru/c1-2-4-6-5-3-1;;;;;/h1-5H;4*1H;/q;;;;;+4/p-4. The third kappa shape index (κ3) is 3.09. The number of hydrogen-bond donors (Lipinski definition) is 0. The van der Waals surface area contributed by atoms with Gasteiger partial charge in [-0.15, -0.1) is 0 Å². The molecule has 0 bridgehead atoms. The molecular weight excluding hydrogens is 315 g/mol. The van der Waals surface area contributed by atoms with Crippen LogP contribution in [0, 0.1) is 0 Å². The van der Waals surface area contributed by atoms with Gasteiger partial charge in [0.15, 0.2) is 0 Å². The van der Waals surface area contributed by atoms with Gasteiger partial charge in [-0.05, 0) is 0 Å². The Morgan fingerprint density at radius 3 is 1.55 bits per heavy atom. The van der Waals surface area contributed by atoms with Crippen LogP contribution in [0.4, 0.5) is 0 Å². The van der Waals surface area contributed by atoms with Gasteiger partial charge in [0.05, 0.1) is 0 Å². The number of hydrogen-bond acceptors (Lipinski definition) is 0. The molecule has 0 saturated carbocycles. The summed E-state index contributed by atoms with van der Waals surface area (Å²) in [5.74, 6) is 0. The van der Waals surface area contributed by atoms with E-state index in [1.165, 1.54) is 0 Å². The van der Waals surface area contributed by atoms with E-state index in [4.69, 9.17) is 38.8 Å². The van der Waals surface area contributed by atoms with Crippen LogP contribution in [-0.4, -0.2) is 0 Å². The summed E-state index contributed by atoms with van der Waals surface area (Å²) in [6.45, 7) is 0. The van der Waals surface area contributed by atoms with Crippen molar-refractivity contribution in [1.82, 2.24) is 0 Å². The van der Waals surface area contributed by atoms with E-state index in [0.717, 1.165) is 0 Å². The van der Waals surface area contributed by atoms with Crippen LogP contribution in [0.1, 0.15) is 0 Å². The summed E-state index contributed by atoms with van der Waals surface area (Å²) >= 11 is 0. The maximum absolute atomic E-state index is 5.79. The van der Waals surface area contributed by atoms with Crippen LogP contribution in [0.15, 0.2) is 30.3 Å². The summed E-state index contributed by atoms with van der Waals surface area (Å²) in [5.41, 5.74) is 0. The molecule has 0 aliphatic heterocycles. The van der Waals surface area contributed by atoms with Gasteiger partial charge >= 0.3 is 82.9 Å². The van der Waals surface area contributed by atoms with Crippen molar-refractivity contribution in [2.45, 2.75) is 0 Å². The minimum atomic E-state index is -4.10. The molecule has 1 rings (SSSR count). The summed E-state index contributed by atoms with van der Waals surface area (Å²) in [4.78, 5) is 0. The molecule has 65 valence electrons. The van der Waals surface area contributed by atoms with Crippen LogP contribution in [0.5, 0.6) is 0 Å². The number of halogens is 4. The molecule has 0 amide bonds. The Hall–Kier alpha value is 1.00. The van der Waals surface area contributed by atoms with E-state index in [1.54, 1.807) is 24.3 Å². The quantitative estimate of drug-likeness (QED) is 0.694. The molecule has 5 heteroatoms. The zero-order valence-electron chi connectivity index (χ0n) is 5.25. The molecule has 0 atom stereocenters. The summed E-state index contributed by atoms with van der Waals surface area (Å²) in [5, 5.41) is 0. The number of rotatable bonds is 1. The topological polar surface area (TPSA) is 0 Å². The average Bonchev–Trinajstić information content (AvgIpc) is 1.86. The molecule has 0 aliphatic carbocycles. The van der Waals surface area contributed by atoms with Crippen molar-refractivity contribution < 1.29 is 9.64 Å². The predicted octanol–water partition coefficient (Wildman–Crippen LogP) is 3.62. The summed E-state index contributed by atoms with van der Waals surface area (Å²) < 4.78 is 0.621. The molecule has 0 aromatic heterocycles. The fraction of sp³-hybridized carbons (Fsp3) is 0. The second-order valence-corrected chi connectivity index (χ2v) is 23.2. The van der Waals surface area contributed by atoms with E-state index in [-0.39, 0.29) is 0 Å². The molecule has 0 saturated heterocycles. The van der Waals surface area contributed by atoms with Crippen molar-refractivity contribution in [2.24, 2.45) is 0 Å². The molecule has 0 radical (unpaired) electrons. The molecule has 0 nitrogen and oxygen atoms in total. The van der Waals surface area contributed by atoms with Gasteiger partial charge in [-0.2, -0.15) is 0 Å². The third-order valence-electron chi connectivity index (χ3n) is 1.03. The van der Waals surface area contributed by atoms with Gasteiger partial charge in [-0.25, -0.2) is 0 Å². The van der Waals surface area contributed by atoms with Crippen molar-refractivity contribution in [3.8, 4) is 0 Å². The Bertz CT molecular complexity index is 241. The van der Waals surface area contributed by atoms with Crippen LogP contribution in [-0.2, 0) is 9.64 Å². The summed E-state index contributed by atoms with van der Waals surface area (Å²) in [7, 11) is 19.1. The van der Waals surface area contributed by atoms with Crippen LogP contribution >= 0.6 is 38.8 Å². The molecule has 0 heterocycles. The fourth-order valence-corrected chi connectivity index (χ4v) is 3.91.